The van der Waals surface area contributed by atoms with E-state index in [-0.39, 0.29) is 11.7 Å². The molecule has 1 aromatic heterocycles. The number of ether oxygens (including phenoxy) is 2. The van der Waals surface area contributed by atoms with Crippen LogP contribution in [-0.4, -0.2) is 31.7 Å². The lowest BCUT2D eigenvalue weighted by Crippen LogP contribution is -2.14. The van der Waals surface area contributed by atoms with Crippen molar-refractivity contribution in [3.63, 3.8) is 0 Å². The van der Waals surface area contributed by atoms with Gasteiger partial charge in [0.05, 0.1) is 19.9 Å². The van der Waals surface area contributed by atoms with E-state index in [2.05, 4.69) is 15.6 Å². The van der Waals surface area contributed by atoms with Crippen molar-refractivity contribution in [1.82, 2.24) is 4.98 Å². The second kappa shape index (κ2) is 9.54. The lowest BCUT2D eigenvalue weighted by molar-refractivity contribution is 0.102. The molecule has 0 atom stereocenters. The van der Waals surface area contributed by atoms with Crippen LogP contribution in [0.15, 0.2) is 60.8 Å². The Bertz CT molecular complexity index is 995. The fraction of sp³-hybridized carbons (Fsp3) is 0.182. The Labute approximate surface area is 168 Å². The van der Waals surface area contributed by atoms with Crippen LogP contribution in [0.2, 0.25) is 0 Å². The van der Waals surface area contributed by atoms with E-state index in [1.807, 2.05) is 0 Å². The van der Waals surface area contributed by atoms with Gasteiger partial charge in [0.2, 0.25) is 0 Å². The smallest absolute Gasteiger partial charge is 0.255 e. The summed E-state index contributed by atoms with van der Waals surface area (Å²) in [5.74, 6) is 1.13. The molecule has 0 spiro atoms. The lowest BCUT2D eigenvalue weighted by Gasteiger charge is -2.12. The van der Waals surface area contributed by atoms with Crippen LogP contribution in [0, 0.1) is 5.82 Å². The zero-order valence-electron chi connectivity index (χ0n) is 16.2. The maximum atomic E-state index is 13.7. The first kappa shape index (κ1) is 20.1. The molecule has 1 amide bonds. The summed E-state index contributed by atoms with van der Waals surface area (Å²) < 4.78 is 24.2. The maximum absolute atomic E-state index is 13.7. The number of methoxy groups -OCH3 is 2. The molecule has 0 unspecified atom stereocenters. The SMILES string of the molecule is COc1ccc(NC(=O)c2ccnc(NCCc3ccccc3F)c2)c(OC)c1. The highest BCUT2D eigenvalue weighted by molar-refractivity contribution is 6.05. The van der Waals surface area contributed by atoms with Gasteiger partial charge in [0, 0.05) is 24.4 Å². The molecule has 1 heterocycles. The topological polar surface area (TPSA) is 72.5 Å². The lowest BCUT2D eigenvalue weighted by atomic mass is 10.1. The molecular weight excluding hydrogens is 373 g/mol. The first-order valence-electron chi connectivity index (χ1n) is 9.07. The van der Waals surface area contributed by atoms with Crippen LogP contribution < -0.4 is 20.1 Å². The average Bonchev–Trinajstić information content (AvgIpc) is 2.75. The number of aromatic nitrogens is 1. The number of benzene rings is 2. The molecule has 0 aliphatic heterocycles. The van der Waals surface area contributed by atoms with Crippen LogP contribution >= 0.6 is 0 Å². The van der Waals surface area contributed by atoms with Crippen molar-refractivity contribution in [3.8, 4) is 11.5 Å². The summed E-state index contributed by atoms with van der Waals surface area (Å²) in [5.41, 5.74) is 1.59. The van der Waals surface area contributed by atoms with E-state index < -0.39 is 0 Å². The molecule has 0 fully saturated rings. The molecule has 3 rings (SSSR count). The number of anilines is 2. The molecule has 7 heteroatoms. The van der Waals surface area contributed by atoms with Crippen molar-refractivity contribution in [1.29, 1.82) is 0 Å². The van der Waals surface area contributed by atoms with E-state index in [1.165, 1.54) is 13.2 Å². The van der Waals surface area contributed by atoms with Crippen LogP contribution in [0.25, 0.3) is 0 Å². The van der Waals surface area contributed by atoms with Gasteiger partial charge < -0.3 is 20.1 Å². The Kier molecular flexibility index (Phi) is 6.63. The van der Waals surface area contributed by atoms with Crippen molar-refractivity contribution in [3.05, 3.63) is 77.7 Å². The van der Waals surface area contributed by atoms with Gasteiger partial charge in [-0.3, -0.25) is 4.79 Å². The van der Waals surface area contributed by atoms with Gasteiger partial charge in [-0.15, -0.1) is 0 Å². The summed E-state index contributed by atoms with van der Waals surface area (Å²) >= 11 is 0. The van der Waals surface area contributed by atoms with E-state index >= 15 is 0 Å². The van der Waals surface area contributed by atoms with Crippen molar-refractivity contribution in [2.24, 2.45) is 0 Å². The molecule has 150 valence electrons. The second-order valence-electron chi connectivity index (χ2n) is 6.22. The number of pyridine rings is 1. The second-order valence-corrected chi connectivity index (χ2v) is 6.22. The van der Waals surface area contributed by atoms with Crippen LogP contribution in [-0.2, 0) is 6.42 Å². The first-order valence-corrected chi connectivity index (χ1v) is 9.07. The van der Waals surface area contributed by atoms with E-state index in [4.69, 9.17) is 9.47 Å². The molecule has 2 N–H and O–H groups in total. The number of hydrogen-bond donors (Lipinski definition) is 2. The Hall–Kier alpha value is -3.61. The number of carbonyl (C=O) groups is 1. The Morgan fingerprint density at radius 2 is 1.90 bits per heavy atom. The summed E-state index contributed by atoms with van der Waals surface area (Å²) in [6.07, 6.45) is 2.05. The third kappa shape index (κ3) is 5.22. The van der Waals surface area contributed by atoms with Gasteiger partial charge in [-0.2, -0.15) is 0 Å². The molecule has 6 nitrogen and oxygen atoms in total. The molecule has 0 radical (unpaired) electrons. The van der Waals surface area contributed by atoms with E-state index in [1.54, 1.807) is 61.8 Å². The Balaban J connectivity index is 1.64. The van der Waals surface area contributed by atoms with Gasteiger partial charge in [0.1, 0.15) is 23.1 Å². The van der Waals surface area contributed by atoms with E-state index in [0.29, 0.717) is 47.1 Å². The Morgan fingerprint density at radius 1 is 1.07 bits per heavy atom. The molecule has 0 saturated carbocycles. The van der Waals surface area contributed by atoms with Gasteiger partial charge in [-0.25, -0.2) is 9.37 Å². The number of halogens is 1. The number of carbonyl (C=O) groups excluding carboxylic acids is 1. The first-order chi connectivity index (χ1) is 14.1. The highest BCUT2D eigenvalue weighted by atomic mass is 19.1. The van der Waals surface area contributed by atoms with Crippen LogP contribution in [0.4, 0.5) is 15.9 Å². The predicted molar refractivity (Wildman–Crippen MR) is 110 cm³/mol. The van der Waals surface area contributed by atoms with Gasteiger partial charge in [0.25, 0.3) is 5.91 Å². The number of nitrogens with one attached hydrogen (secondary N) is 2. The van der Waals surface area contributed by atoms with E-state index in [0.717, 1.165) is 0 Å². The van der Waals surface area contributed by atoms with Crippen molar-refractivity contribution in [2.75, 3.05) is 31.4 Å². The molecule has 0 aliphatic rings. The molecule has 2 aromatic carbocycles. The summed E-state index contributed by atoms with van der Waals surface area (Å²) in [6, 6.07) is 15.0. The third-order valence-electron chi connectivity index (χ3n) is 4.34. The summed E-state index contributed by atoms with van der Waals surface area (Å²) in [7, 11) is 3.08. The monoisotopic (exact) mass is 395 g/mol. The fourth-order valence-electron chi connectivity index (χ4n) is 2.79. The van der Waals surface area contributed by atoms with Crippen LogP contribution in [0.5, 0.6) is 11.5 Å². The minimum Gasteiger partial charge on any atom is -0.497 e. The maximum Gasteiger partial charge on any atom is 0.255 e. The number of hydrogen-bond acceptors (Lipinski definition) is 5. The number of nitrogens with zero attached hydrogens (tertiary/aromatic N) is 1. The summed E-state index contributed by atoms with van der Waals surface area (Å²) in [6.45, 7) is 0.491. The quantitative estimate of drug-likeness (QED) is 0.600. The third-order valence-corrected chi connectivity index (χ3v) is 4.34. The number of rotatable bonds is 8. The zero-order valence-corrected chi connectivity index (χ0v) is 16.2. The minimum atomic E-state index is -0.298. The van der Waals surface area contributed by atoms with E-state index in [9.17, 15) is 9.18 Å². The molecule has 0 aliphatic carbocycles. The number of amides is 1. The largest absolute Gasteiger partial charge is 0.497 e. The van der Waals surface area contributed by atoms with Crippen molar-refractivity contribution in [2.45, 2.75) is 6.42 Å². The van der Waals surface area contributed by atoms with Crippen molar-refractivity contribution >= 4 is 17.4 Å². The molecule has 29 heavy (non-hydrogen) atoms. The molecular formula is C22H22FN3O3. The predicted octanol–water partition coefficient (Wildman–Crippen LogP) is 4.14. The van der Waals surface area contributed by atoms with Crippen LogP contribution in [0.3, 0.4) is 0 Å². The highest BCUT2D eigenvalue weighted by Crippen LogP contribution is 2.29. The fourth-order valence-corrected chi connectivity index (χ4v) is 2.79. The van der Waals surface area contributed by atoms with Gasteiger partial charge in [0.15, 0.2) is 0 Å². The van der Waals surface area contributed by atoms with Crippen molar-refractivity contribution < 1.29 is 18.7 Å². The van der Waals surface area contributed by atoms with Crippen LogP contribution in [0.1, 0.15) is 15.9 Å². The summed E-state index contributed by atoms with van der Waals surface area (Å²) in [5, 5.41) is 5.94. The molecule has 3 aromatic rings. The standard InChI is InChI=1S/C22H22FN3O3/c1-28-17-7-8-19(20(14-17)29-2)26-22(27)16-10-12-25-21(13-16)24-11-9-15-5-3-4-6-18(15)23/h3-8,10,12-14H,9,11H2,1-2H3,(H,24,25)(H,26,27). The normalized spacial score (nSPS) is 10.3. The minimum absolute atomic E-state index is 0.233. The summed E-state index contributed by atoms with van der Waals surface area (Å²) in [4.78, 5) is 16.8. The Morgan fingerprint density at radius 3 is 2.66 bits per heavy atom. The van der Waals surface area contributed by atoms with Gasteiger partial charge in [-0.1, -0.05) is 18.2 Å². The van der Waals surface area contributed by atoms with Gasteiger partial charge in [-0.05, 0) is 42.3 Å². The highest BCUT2D eigenvalue weighted by Gasteiger charge is 2.12. The average molecular weight is 395 g/mol. The van der Waals surface area contributed by atoms with Gasteiger partial charge >= 0.3 is 0 Å². The molecule has 0 bridgehead atoms. The molecule has 0 saturated heterocycles. The zero-order chi connectivity index (χ0) is 20.6.